The zero-order valence-electron chi connectivity index (χ0n) is 26.2. The number of nitrogen functional groups attached to an aromatic ring is 1. The Hall–Kier alpha value is -5.79. The Morgan fingerprint density at radius 3 is 2.54 bits per heavy atom. The quantitative estimate of drug-likeness (QED) is 0.0920. The molecule has 0 aliphatic carbocycles. The second-order valence-corrected chi connectivity index (χ2v) is 10.9. The summed E-state index contributed by atoms with van der Waals surface area (Å²) in [6, 6.07) is 17.4. The Morgan fingerprint density at radius 1 is 1.02 bits per heavy atom. The molecule has 2 aromatic heterocycles. The number of aromatic amines is 1. The lowest BCUT2D eigenvalue weighted by Crippen LogP contribution is -2.54. The lowest BCUT2D eigenvalue weighted by atomic mass is 9.98. The first-order chi connectivity index (χ1) is 22.9. The van der Waals surface area contributed by atoms with E-state index in [4.69, 9.17) is 19.9 Å². The number of ether oxygens (including phenoxy) is 3. The van der Waals surface area contributed by atoms with Crippen LogP contribution in [0.25, 0.3) is 22.0 Å². The SMILES string of the molecule is CCOc1cc(C(Nc2ccc3c(N)nccc3c2)(OC(=O)C(F)(F)F)C(=O)NCc2cccc(-c3cnc[nH]3)c2)ccc1OC(C)C. The van der Waals surface area contributed by atoms with Gasteiger partial charge in [0.05, 0.1) is 30.9 Å². The summed E-state index contributed by atoms with van der Waals surface area (Å²) < 4.78 is 58.4. The molecule has 1 unspecified atom stereocenters. The molecule has 0 saturated heterocycles. The first-order valence-corrected chi connectivity index (χ1v) is 14.9. The van der Waals surface area contributed by atoms with Crippen molar-refractivity contribution in [2.75, 3.05) is 17.7 Å². The number of nitrogens with zero attached hydrogens (tertiary/aromatic N) is 2. The number of pyridine rings is 1. The van der Waals surface area contributed by atoms with Crippen LogP contribution in [0.1, 0.15) is 31.9 Å². The molecule has 48 heavy (non-hydrogen) atoms. The highest BCUT2D eigenvalue weighted by atomic mass is 19.4. The Balaban J connectivity index is 1.63. The zero-order valence-corrected chi connectivity index (χ0v) is 26.2. The minimum atomic E-state index is -5.45. The number of nitrogens with two attached hydrogens (primary N) is 1. The highest BCUT2D eigenvalue weighted by Crippen LogP contribution is 2.38. The number of H-pyrrole nitrogens is 1. The molecule has 0 aliphatic rings. The summed E-state index contributed by atoms with van der Waals surface area (Å²) in [5.74, 6) is -3.07. The molecule has 0 spiro atoms. The van der Waals surface area contributed by atoms with E-state index < -0.39 is 23.8 Å². The first kappa shape index (κ1) is 33.6. The van der Waals surface area contributed by atoms with Crippen LogP contribution in [-0.4, -0.2) is 45.7 Å². The van der Waals surface area contributed by atoms with Crippen LogP contribution in [0.3, 0.4) is 0 Å². The molecule has 3 aromatic carbocycles. The molecule has 14 heteroatoms. The lowest BCUT2D eigenvalue weighted by molar-refractivity contribution is -0.213. The van der Waals surface area contributed by atoms with Crippen molar-refractivity contribution < 1.29 is 37.0 Å². The largest absolute Gasteiger partial charge is 0.491 e. The molecule has 0 bridgehead atoms. The van der Waals surface area contributed by atoms with Crippen molar-refractivity contribution in [3.8, 4) is 22.8 Å². The minimum absolute atomic E-state index is 0.121. The van der Waals surface area contributed by atoms with E-state index in [9.17, 15) is 22.8 Å². The number of anilines is 2. The Kier molecular flexibility index (Phi) is 9.73. The topological polar surface area (TPSA) is 153 Å². The highest BCUT2D eigenvalue weighted by molar-refractivity contribution is 5.95. The summed E-state index contributed by atoms with van der Waals surface area (Å²) in [4.78, 5) is 38.0. The van der Waals surface area contributed by atoms with Gasteiger partial charge in [-0.25, -0.2) is 14.8 Å². The summed E-state index contributed by atoms with van der Waals surface area (Å²) in [7, 11) is 0. The van der Waals surface area contributed by atoms with E-state index in [2.05, 4.69) is 25.6 Å². The van der Waals surface area contributed by atoms with Gasteiger partial charge in [-0.2, -0.15) is 13.2 Å². The number of alkyl halides is 3. The Morgan fingerprint density at radius 2 is 1.83 bits per heavy atom. The van der Waals surface area contributed by atoms with Crippen molar-refractivity contribution in [2.45, 2.75) is 45.3 Å². The predicted octanol–water partition coefficient (Wildman–Crippen LogP) is 6.08. The zero-order chi connectivity index (χ0) is 34.5. The normalized spacial score (nSPS) is 12.7. The summed E-state index contributed by atoms with van der Waals surface area (Å²) >= 11 is 0. The summed E-state index contributed by atoms with van der Waals surface area (Å²) in [5, 5.41) is 6.59. The molecule has 0 saturated carbocycles. The third-order valence-corrected chi connectivity index (χ3v) is 7.11. The number of nitrogens with one attached hydrogen (secondary N) is 3. The lowest BCUT2D eigenvalue weighted by Gasteiger charge is -2.34. The third-order valence-electron chi connectivity index (χ3n) is 7.11. The van der Waals surface area contributed by atoms with Crippen LogP contribution in [0.4, 0.5) is 24.7 Å². The number of fused-ring (bicyclic) bond motifs is 1. The smallest absolute Gasteiger partial charge is 0.490 e. The van der Waals surface area contributed by atoms with Crippen molar-refractivity contribution >= 4 is 34.2 Å². The molecule has 11 nitrogen and oxygen atoms in total. The van der Waals surface area contributed by atoms with Crippen molar-refractivity contribution in [3.05, 3.63) is 96.6 Å². The van der Waals surface area contributed by atoms with Gasteiger partial charge < -0.3 is 35.6 Å². The van der Waals surface area contributed by atoms with Gasteiger partial charge in [0.2, 0.25) is 0 Å². The van der Waals surface area contributed by atoms with E-state index in [-0.39, 0.29) is 47.8 Å². The summed E-state index contributed by atoms with van der Waals surface area (Å²) in [6.07, 6.45) is -1.12. The third kappa shape index (κ3) is 7.43. The van der Waals surface area contributed by atoms with Gasteiger partial charge in [0, 0.05) is 29.4 Å². The first-order valence-electron chi connectivity index (χ1n) is 14.9. The van der Waals surface area contributed by atoms with Gasteiger partial charge in [-0.1, -0.05) is 18.2 Å². The molecule has 5 aromatic rings. The highest BCUT2D eigenvalue weighted by Gasteiger charge is 2.52. The van der Waals surface area contributed by atoms with Crippen LogP contribution in [0.15, 0.2) is 85.5 Å². The number of aromatic nitrogens is 3. The van der Waals surface area contributed by atoms with Crippen LogP contribution in [-0.2, 0) is 26.6 Å². The molecule has 1 amide bonds. The van der Waals surface area contributed by atoms with Crippen molar-refractivity contribution in [1.29, 1.82) is 0 Å². The number of imidazole rings is 1. The van der Waals surface area contributed by atoms with Gasteiger partial charge in [-0.05, 0) is 85.8 Å². The summed E-state index contributed by atoms with van der Waals surface area (Å²) in [6.45, 7) is 5.32. The molecule has 0 radical (unpaired) electrons. The van der Waals surface area contributed by atoms with Gasteiger partial charge in [-0.3, -0.25) is 4.79 Å². The fraction of sp³-hybridized carbons (Fsp3) is 0.235. The number of carbonyl (C=O) groups is 2. The molecule has 250 valence electrons. The molecule has 0 fully saturated rings. The average molecular weight is 663 g/mol. The predicted molar refractivity (Wildman–Crippen MR) is 173 cm³/mol. The maximum Gasteiger partial charge on any atom is 0.491 e. The second kappa shape index (κ2) is 13.9. The number of halogens is 3. The van der Waals surface area contributed by atoms with E-state index in [1.54, 1.807) is 63.4 Å². The number of rotatable bonds is 12. The van der Waals surface area contributed by atoms with E-state index >= 15 is 0 Å². The molecular formula is C34H33F3N6O5. The molecule has 2 heterocycles. The number of benzene rings is 3. The van der Waals surface area contributed by atoms with Crippen LogP contribution in [0.5, 0.6) is 11.5 Å². The van der Waals surface area contributed by atoms with Crippen LogP contribution < -0.4 is 25.8 Å². The average Bonchev–Trinajstić information content (AvgIpc) is 3.59. The monoisotopic (exact) mass is 662 g/mol. The van der Waals surface area contributed by atoms with Gasteiger partial charge in [-0.15, -0.1) is 0 Å². The molecule has 1 atom stereocenters. The van der Waals surface area contributed by atoms with Gasteiger partial charge in [0.25, 0.3) is 11.6 Å². The molecule has 5 N–H and O–H groups in total. The fourth-order valence-corrected chi connectivity index (χ4v) is 4.99. The van der Waals surface area contributed by atoms with Crippen molar-refractivity contribution in [1.82, 2.24) is 20.3 Å². The Bertz CT molecular complexity index is 1920. The standard InChI is InChI=1S/C34H33F3N6O5/c1-4-46-29-16-24(8-11-28(29)47-20(2)3)33(48-32(45)34(35,36)37,43-25-9-10-26-22(15-25)12-13-40-30(26)38)31(44)41-17-21-6-5-7-23(14-21)27-18-39-19-42-27/h5-16,18-20,43H,4,17H2,1-3H3,(H2,38,40)(H,39,42)(H,41,44). The van der Waals surface area contributed by atoms with Crippen LogP contribution in [0.2, 0.25) is 0 Å². The van der Waals surface area contributed by atoms with Crippen LogP contribution in [0, 0.1) is 0 Å². The molecule has 5 rings (SSSR count). The number of carbonyl (C=O) groups excluding carboxylic acids is 2. The minimum Gasteiger partial charge on any atom is -0.490 e. The number of hydrogen-bond acceptors (Lipinski definition) is 9. The molecule has 0 aliphatic heterocycles. The van der Waals surface area contributed by atoms with E-state index in [0.717, 1.165) is 11.3 Å². The Labute approximate surface area is 273 Å². The van der Waals surface area contributed by atoms with E-state index in [1.807, 2.05) is 6.07 Å². The van der Waals surface area contributed by atoms with Crippen molar-refractivity contribution in [3.63, 3.8) is 0 Å². The van der Waals surface area contributed by atoms with Crippen LogP contribution >= 0.6 is 0 Å². The fourth-order valence-electron chi connectivity index (χ4n) is 4.99. The summed E-state index contributed by atoms with van der Waals surface area (Å²) in [5.41, 5.74) is 5.29. The maximum atomic E-state index is 14.3. The van der Waals surface area contributed by atoms with Gasteiger partial charge in [0.1, 0.15) is 5.82 Å². The van der Waals surface area contributed by atoms with Crippen molar-refractivity contribution in [2.24, 2.45) is 0 Å². The second-order valence-electron chi connectivity index (χ2n) is 10.9. The maximum absolute atomic E-state index is 14.3. The van der Waals surface area contributed by atoms with Gasteiger partial charge in [0.15, 0.2) is 11.5 Å². The number of esters is 1. The number of amides is 1. The molecular weight excluding hydrogens is 629 g/mol. The van der Waals surface area contributed by atoms with E-state index in [0.29, 0.717) is 16.3 Å². The number of hydrogen-bond donors (Lipinski definition) is 4. The van der Waals surface area contributed by atoms with Gasteiger partial charge >= 0.3 is 12.1 Å². The van der Waals surface area contributed by atoms with E-state index in [1.165, 1.54) is 36.8 Å².